The maximum absolute atomic E-state index is 14.6. The number of anilines is 1. The molecule has 2 aromatic carbocycles. The number of alkyl carbamates (subject to hydrolysis) is 1. The van der Waals surface area contributed by atoms with Crippen molar-refractivity contribution in [1.29, 1.82) is 0 Å². The summed E-state index contributed by atoms with van der Waals surface area (Å²) in [5, 5.41) is 5.31. The smallest absolute Gasteiger partial charge is 0.409 e. The molecule has 1 aliphatic heterocycles. The van der Waals surface area contributed by atoms with E-state index >= 15 is 0 Å². The highest BCUT2D eigenvalue weighted by Gasteiger charge is 2.30. The van der Waals surface area contributed by atoms with Crippen LogP contribution in [0.5, 0.6) is 0 Å². The van der Waals surface area contributed by atoms with E-state index < -0.39 is 29.6 Å². The van der Waals surface area contributed by atoms with E-state index in [2.05, 4.69) is 15.6 Å². The number of carbonyl (C=O) groups excluding carboxylic acids is 2. The Morgan fingerprint density at radius 1 is 1.17 bits per heavy atom. The van der Waals surface area contributed by atoms with Gasteiger partial charge in [0.1, 0.15) is 11.4 Å². The van der Waals surface area contributed by atoms with Gasteiger partial charge in [-0.15, -0.1) is 0 Å². The van der Waals surface area contributed by atoms with E-state index in [4.69, 9.17) is 4.74 Å². The van der Waals surface area contributed by atoms with E-state index in [1.54, 1.807) is 45.0 Å². The molecule has 152 valence electrons. The zero-order chi connectivity index (χ0) is 21.2. The summed E-state index contributed by atoms with van der Waals surface area (Å²) in [4.78, 5) is 29.5. The number of aryl methyl sites for hydroxylation is 1. The number of halogens is 1. The Hall–Kier alpha value is -3.22. The minimum absolute atomic E-state index is 0.245. The molecule has 29 heavy (non-hydrogen) atoms. The number of para-hydroxylation sites is 1. The first kappa shape index (κ1) is 20.5. The van der Waals surface area contributed by atoms with Crippen molar-refractivity contribution < 1.29 is 18.7 Å². The van der Waals surface area contributed by atoms with Gasteiger partial charge in [-0.1, -0.05) is 37.3 Å². The fourth-order valence-corrected chi connectivity index (χ4v) is 3.07. The summed E-state index contributed by atoms with van der Waals surface area (Å²) >= 11 is 0. The predicted octanol–water partition coefficient (Wildman–Crippen LogP) is 4.03. The molecule has 0 bridgehead atoms. The molecule has 0 radical (unpaired) electrons. The summed E-state index contributed by atoms with van der Waals surface area (Å²) in [5.74, 6) is -0.992. The maximum Gasteiger partial charge on any atom is 0.409 e. The summed E-state index contributed by atoms with van der Waals surface area (Å²) in [6.45, 7) is 7.12. The number of fused-ring (bicyclic) bond motifs is 1. The van der Waals surface area contributed by atoms with Crippen LogP contribution >= 0.6 is 0 Å². The van der Waals surface area contributed by atoms with Crippen molar-refractivity contribution in [1.82, 2.24) is 5.32 Å². The Morgan fingerprint density at radius 3 is 2.52 bits per heavy atom. The molecule has 2 N–H and O–H groups in total. The van der Waals surface area contributed by atoms with Crippen molar-refractivity contribution in [3.05, 3.63) is 65.0 Å². The first-order valence-corrected chi connectivity index (χ1v) is 9.45. The highest BCUT2D eigenvalue weighted by molar-refractivity contribution is 6.20. The third-order valence-corrected chi connectivity index (χ3v) is 4.32. The largest absolute Gasteiger partial charge is 0.444 e. The molecule has 2 amide bonds. The first-order chi connectivity index (χ1) is 13.7. The van der Waals surface area contributed by atoms with Gasteiger partial charge in [-0.3, -0.25) is 10.1 Å². The van der Waals surface area contributed by atoms with Gasteiger partial charge in [0.05, 0.1) is 11.4 Å². The summed E-state index contributed by atoms with van der Waals surface area (Å²) in [7, 11) is 0. The van der Waals surface area contributed by atoms with Crippen molar-refractivity contribution in [2.75, 3.05) is 5.32 Å². The Balaban J connectivity index is 2.10. The number of aliphatic imine (C=N–C) groups is 1. The first-order valence-electron chi connectivity index (χ1n) is 9.45. The van der Waals surface area contributed by atoms with Gasteiger partial charge in [-0.25, -0.2) is 14.2 Å². The molecule has 3 rings (SSSR count). The van der Waals surface area contributed by atoms with E-state index in [-0.39, 0.29) is 11.3 Å². The van der Waals surface area contributed by atoms with Gasteiger partial charge in [-0.2, -0.15) is 0 Å². The molecule has 0 aliphatic carbocycles. The lowest BCUT2D eigenvalue weighted by Gasteiger charge is -2.21. The second-order valence-corrected chi connectivity index (χ2v) is 7.69. The van der Waals surface area contributed by atoms with E-state index in [1.807, 2.05) is 19.1 Å². The molecule has 0 fully saturated rings. The van der Waals surface area contributed by atoms with E-state index in [0.29, 0.717) is 17.7 Å². The number of rotatable bonds is 3. The monoisotopic (exact) mass is 397 g/mol. The van der Waals surface area contributed by atoms with Gasteiger partial charge in [0.25, 0.3) is 5.91 Å². The number of nitrogens with zero attached hydrogens (tertiary/aromatic N) is 1. The number of hydrogen-bond donors (Lipinski definition) is 2. The number of amides is 2. The minimum atomic E-state index is -1.27. The van der Waals surface area contributed by atoms with Crippen LogP contribution in [0.15, 0.2) is 47.5 Å². The van der Waals surface area contributed by atoms with Crippen LogP contribution in [0.3, 0.4) is 0 Å². The molecule has 1 heterocycles. The summed E-state index contributed by atoms with van der Waals surface area (Å²) in [6, 6.07) is 11.7. The number of carbonyl (C=O) groups is 2. The van der Waals surface area contributed by atoms with Gasteiger partial charge < -0.3 is 10.1 Å². The average Bonchev–Trinajstić information content (AvgIpc) is 2.77. The standard InChI is InChI=1S/C22H24FN3O3/c1-5-13-9-8-11-15-17(13)25-20(27)19(26-21(28)29-22(2,3)4)24-18(15)14-10-6-7-12-16(14)23/h6-12,19H,5H2,1-4H3,(H,25,27)(H,26,28). The molecule has 1 unspecified atom stereocenters. The second kappa shape index (κ2) is 8.03. The van der Waals surface area contributed by atoms with Crippen LogP contribution in [0.25, 0.3) is 0 Å². The van der Waals surface area contributed by atoms with E-state index in [1.165, 1.54) is 6.07 Å². The SMILES string of the molecule is CCc1cccc2c1NC(=O)C(NC(=O)OC(C)(C)C)N=C2c1ccccc1F. The normalized spacial score (nSPS) is 16.2. The van der Waals surface area contributed by atoms with Gasteiger partial charge >= 0.3 is 6.09 Å². The number of ether oxygens (including phenoxy) is 1. The van der Waals surface area contributed by atoms with Crippen LogP contribution in [0, 0.1) is 5.82 Å². The molecular weight excluding hydrogens is 373 g/mol. The van der Waals surface area contributed by atoms with Crippen LogP contribution in [-0.2, 0) is 16.0 Å². The summed E-state index contributed by atoms with van der Waals surface area (Å²) in [5.41, 5.74) is 1.84. The molecule has 0 aromatic heterocycles. The molecule has 0 saturated carbocycles. The fraction of sp³-hybridized carbons (Fsp3) is 0.318. The average molecular weight is 397 g/mol. The zero-order valence-corrected chi connectivity index (χ0v) is 16.9. The van der Waals surface area contributed by atoms with Gasteiger partial charge in [-0.05, 0) is 44.9 Å². The van der Waals surface area contributed by atoms with E-state index in [0.717, 1.165) is 5.56 Å². The minimum Gasteiger partial charge on any atom is -0.444 e. The number of nitrogens with one attached hydrogen (secondary N) is 2. The Morgan fingerprint density at radius 2 is 1.86 bits per heavy atom. The zero-order valence-electron chi connectivity index (χ0n) is 16.9. The third kappa shape index (κ3) is 4.62. The molecule has 7 heteroatoms. The molecule has 1 atom stereocenters. The fourth-order valence-electron chi connectivity index (χ4n) is 3.07. The van der Waals surface area contributed by atoms with Crippen molar-refractivity contribution in [2.24, 2.45) is 4.99 Å². The molecule has 0 spiro atoms. The predicted molar refractivity (Wildman–Crippen MR) is 110 cm³/mol. The molecule has 2 aromatic rings. The summed E-state index contributed by atoms with van der Waals surface area (Å²) in [6.07, 6.45) is -1.38. The highest BCUT2D eigenvalue weighted by atomic mass is 19.1. The number of benzodiazepines with no additional fused rings is 1. The highest BCUT2D eigenvalue weighted by Crippen LogP contribution is 2.28. The Bertz CT molecular complexity index is 980. The van der Waals surface area contributed by atoms with Crippen LogP contribution in [-0.4, -0.2) is 29.5 Å². The van der Waals surface area contributed by atoms with Gasteiger partial charge in [0.2, 0.25) is 6.17 Å². The van der Waals surface area contributed by atoms with Crippen LogP contribution in [0.4, 0.5) is 14.9 Å². The van der Waals surface area contributed by atoms with E-state index in [9.17, 15) is 14.0 Å². The number of hydrogen-bond acceptors (Lipinski definition) is 4. The number of benzene rings is 2. The molecule has 6 nitrogen and oxygen atoms in total. The van der Waals surface area contributed by atoms with Crippen molar-refractivity contribution in [3.8, 4) is 0 Å². The molecule has 1 aliphatic rings. The Kier molecular flexibility index (Phi) is 5.68. The maximum atomic E-state index is 14.6. The second-order valence-electron chi connectivity index (χ2n) is 7.69. The summed E-state index contributed by atoms with van der Waals surface area (Å²) < 4.78 is 19.8. The van der Waals surface area contributed by atoms with Crippen LogP contribution in [0.2, 0.25) is 0 Å². The van der Waals surface area contributed by atoms with Gasteiger partial charge in [0.15, 0.2) is 0 Å². The van der Waals surface area contributed by atoms with Gasteiger partial charge in [0, 0.05) is 11.1 Å². The van der Waals surface area contributed by atoms with Crippen molar-refractivity contribution in [3.63, 3.8) is 0 Å². The van der Waals surface area contributed by atoms with Crippen LogP contribution < -0.4 is 10.6 Å². The van der Waals surface area contributed by atoms with Crippen LogP contribution in [0.1, 0.15) is 44.4 Å². The third-order valence-electron chi connectivity index (χ3n) is 4.32. The Labute approximate surface area is 169 Å². The lowest BCUT2D eigenvalue weighted by Crippen LogP contribution is -2.44. The van der Waals surface area contributed by atoms with Crippen molar-refractivity contribution >= 4 is 23.4 Å². The quantitative estimate of drug-likeness (QED) is 0.821. The van der Waals surface area contributed by atoms with Crippen molar-refractivity contribution in [2.45, 2.75) is 45.9 Å². The lowest BCUT2D eigenvalue weighted by atomic mass is 9.96. The molecule has 0 saturated heterocycles. The topological polar surface area (TPSA) is 79.8 Å². The lowest BCUT2D eigenvalue weighted by molar-refractivity contribution is -0.118. The molecular formula is C22H24FN3O3.